The minimum Gasteiger partial charge on any atom is -0.467 e. The van der Waals surface area contributed by atoms with Crippen molar-refractivity contribution in [1.82, 2.24) is 4.31 Å². The molecule has 7 nitrogen and oxygen atoms in total. The van der Waals surface area contributed by atoms with Crippen molar-refractivity contribution in [2.24, 2.45) is 10.7 Å². The summed E-state index contributed by atoms with van der Waals surface area (Å²) in [5.41, 5.74) is 1.33. The van der Waals surface area contributed by atoms with Crippen LogP contribution in [0.15, 0.2) is 39.9 Å². The quantitative estimate of drug-likeness (QED) is 0.457. The predicted octanol–water partition coefficient (Wildman–Crippen LogP) is 4.13. The Kier molecular flexibility index (Phi) is 8.02. The highest BCUT2D eigenvalue weighted by Gasteiger charge is 2.41. The second-order valence-corrected chi connectivity index (χ2v) is 10.4. The van der Waals surface area contributed by atoms with Crippen LogP contribution < -0.4 is 5.73 Å². The van der Waals surface area contributed by atoms with Crippen LogP contribution in [0, 0.1) is 0 Å². The number of esters is 1. The number of carbonyl (C=O) groups excluding carboxylic acids is 1. The van der Waals surface area contributed by atoms with Crippen LogP contribution in [0.25, 0.3) is 0 Å². The van der Waals surface area contributed by atoms with Crippen LogP contribution in [0.1, 0.15) is 44.2 Å². The minimum atomic E-state index is -5.21. The highest BCUT2D eigenvalue weighted by Crippen LogP contribution is 2.38. The standard InChI is InChI=1S/C21H25F6N3O4S/c1-19(2,18(31)34-4)29-16-6-5-7-17(15(16)11-28)30(3)35(32,33)14-9-12(20(22,23)24)8-13(10-14)21(25,26)27/h8-11,17H,5-7,28H2,1-4H3. The maximum atomic E-state index is 13.2. The molecule has 0 heterocycles. The van der Waals surface area contributed by atoms with Gasteiger partial charge in [0.2, 0.25) is 10.0 Å². The third kappa shape index (κ3) is 6.15. The van der Waals surface area contributed by atoms with Crippen molar-refractivity contribution in [1.29, 1.82) is 0 Å². The van der Waals surface area contributed by atoms with Crippen molar-refractivity contribution in [3.05, 3.63) is 41.1 Å². The maximum absolute atomic E-state index is 13.2. The summed E-state index contributed by atoms with van der Waals surface area (Å²) in [6, 6.07) is -0.879. The molecule has 0 radical (unpaired) electrons. The van der Waals surface area contributed by atoms with Gasteiger partial charge in [0.25, 0.3) is 0 Å². The largest absolute Gasteiger partial charge is 0.467 e. The summed E-state index contributed by atoms with van der Waals surface area (Å²) in [5, 5.41) is 0. The van der Waals surface area contributed by atoms with Gasteiger partial charge in [-0.3, -0.25) is 4.99 Å². The van der Waals surface area contributed by atoms with Gasteiger partial charge in [-0.2, -0.15) is 30.6 Å². The molecule has 0 aromatic heterocycles. The summed E-state index contributed by atoms with van der Waals surface area (Å²) >= 11 is 0. The fraction of sp³-hybridized carbons (Fsp3) is 0.524. The Bertz CT molecular complexity index is 1110. The Balaban J connectivity index is 2.58. The van der Waals surface area contributed by atoms with Crippen LogP contribution in [0.3, 0.4) is 0 Å². The van der Waals surface area contributed by atoms with Crippen LogP contribution in [0.4, 0.5) is 26.3 Å². The van der Waals surface area contributed by atoms with Gasteiger partial charge in [-0.25, -0.2) is 13.2 Å². The summed E-state index contributed by atoms with van der Waals surface area (Å²) in [7, 11) is -2.65. The lowest BCUT2D eigenvalue weighted by Crippen LogP contribution is -2.43. The number of halogens is 6. The van der Waals surface area contributed by atoms with E-state index in [-0.39, 0.29) is 35.9 Å². The molecular weight excluding hydrogens is 504 g/mol. The molecule has 14 heteroatoms. The molecule has 196 valence electrons. The number of rotatable bonds is 5. The van der Waals surface area contributed by atoms with Gasteiger partial charge in [-0.05, 0) is 51.3 Å². The maximum Gasteiger partial charge on any atom is 0.416 e. The summed E-state index contributed by atoms with van der Waals surface area (Å²) in [6.45, 7) is 2.93. The summed E-state index contributed by atoms with van der Waals surface area (Å²) < 4.78 is 111. The van der Waals surface area contributed by atoms with Crippen LogP contribution in [0.2, 0.25) is 0 Å². The Morgan fingerprint density at radius 1 is 1.11 bits per heavy atom. The first-order valence-corrected chi connectivity index (χ1v) is 11.7. The zero-order valence-corrected chi connectivity index (χ0v) is 20.1. The molecule has 0 spiro atoms. The molecule has 0 bridgehead atoms. The first-order chi connectivity index (χ1) is 15.9. The molecular formula is C21H25F6N3O4S. The molecule has 1 aliphatic rings. The molecule has 1 aromatic rings. The first kappa shape index (κ1) is 28.6. The van der Waals surface area contributed by atoms with E-state index in [1.54, 1.807) is 0 Å². The van der Waals surface area contributed by atoms with E-state index in [0.29, 0.717) is 17.1 Å². The van der Waals surface area contributed by atoms with Crippen LogP contribution in [-0.4, -0.2) is 50.1 Å². The van der Waals surface area contributed by atoms with E-state index in [1.165, 1.54) is 13.8 Å². The Morgan fingerprint density at radius 3 is 2.06 bits per heavy atom. The number of sulfonamides is 1. The number of hydrogen-bond acceptors (Lipinski definition) is 6. The average Bonchev–Trinajstić information content (AvgIpc) is 2.75. The normalized spacial score (nSPS) is 20.5. The molecule has 1 aliphatic carbocycles. The molecule has 1 saturated carbocycles. The van der Waals surface area contributed by atoms with E-state index in [4.69, 9.17) is 10.5 Å². The fourth-order valence-corrected chi connectivity index (χ4v) is 5.14. The SMILES string of the molecule is COC(=O)C(C)(C)N=C1CCCC(N(C)S(=O)(=O)c2cc(C(F)(F)F)cc(C(F)(F)F)c2)C1=CN. The van der Waals surface area contributed by atoms with Crippen molar-refractivity contribution in [3.63, 3.8) is 0 Å². The van der Waals surface area contributed by atoms with E-state index in [1.807, 2.05) is 0 Å². The van der Waals surface area contributed by atoms with E-state index in [0.717, 1.165) is 20.4 Å². The number of methoxy groups -OCH3 is 1. The zero-order valence-electron chi connectivity index (χ0n) is 19.3. The van der Waals surface area contributed by atoms with Crippen molar-refractivity contribution < 1.29 is 44.3 Å². The summed E-state index contributed by atoms with van der Waals surface area (Å²) in [4.78, 5) is 15.2. The average molecular weight is 530 g/mol. The number of alkyl halides is 6. The Hall–Kier alpha value is -2.61. The molecule has 2 rings (SSSR count). The molecule has 1 fully saturated rings. The van der Waals surface area contributed by atoms with Crippen molar-refractivity contribution in [2.75, 3.05) is 14.2 Å². The smallest absolute Gasteiger partial charge is 0.416 e. The highest BCUT2D eigenvalue weighted by molar-refractivity contribution is 7.89. The monoisotopic (exact) mass is 529 g/mol. The van der Waals surface area contributed by atoms with E-state index in [9.17, 15) is 39.6 Å². The van der Waals surface area contributed by atoms with Gasteiger partial charge in [0, 0.05) is 24.5 Å². The van der Waals surface area contributed by atoms with E-state index < -0.39 is 55.9 Å². The van der Waals surface area contributed by atoms with Crippen molar-refractivity contribution in [3.8, 4) is 0 Å². The molecule has 0 amide bonds. The predicted molar refractivity (Wildman–Crippen MR) is 115 cm³/mol. The van der Waals surface area contributed by atoms with Crippen LogP contribution in [-0.2, 0) is 31.9 Å². The Labute approximate surface area is 198 Å². The molecule has 35 heavy (non-hydrogen) atoms. The van der Waals surface area contributed by atoms with Gasteiger partial charge in [0.05, 0.1) is 29.2 Å². The van der Waals surface area contributed by atoms with E-state index in [2.05, 4.69) is 4.99 Å². The molecule has 0 saturated heterocycles. The van der Waals surface area contributed by atoms with Gasteiger partial charge >= 0.3 is 18.3 Å². The lowest BCUT2D eigenvalue weighted by Gasteiger charge is -2.34. The second kappa shape index (κ2) is 9.80. The van der Waals surface area contributed by atoms with Crippen LogP contribution >= 0.6 is 0 Å². The number of nitrogens with zero attached hydrogens (tertiary/aromatic N) is 2. The van der Waals surface area contributed by atoms with Crippen molar-refractivity contribution >= 4 is 21.7 Å². The van der Waals surface area contributed by atoms with Gasteiger partial charge in [-0.15, -0.1) is 0 Å². The summed E-state index contributed by atoms with van der Waals surface area (Å²) in [5.74, 6) is -0.673. The molecule has 1 unspecified atom stereocenters. The molecule has 1 atom stereocenters. The van der Waals surface area contributed by atoms with Gasteiger partial charge in [-0.1, -0.05) is 0 Å². The molecule has 0 aliphatic heterocycles. The minimum absolute atomic E-state index is 0.148. The third-order valence-corrected chi connectivity index (χ3v) is 7.38. The van der Waals surface area contributed by atoms with Crippen LogP contribution in [0.5, 0.6) is 0 Å². The number of aliphatic imine (C=N–C) groups is 1. The molecule has 1 aromatic carbocycles. The number of carbonyl (C=O) groups is 1. The fourth-order valence-electron chi connectivity index (χ4n) is 3.70. The number of ether oxygens (including phenoxy) is 1. The molecule has 2 N–H and O–H groups in total. The van der Waals surface area contributed by atoms with Gasteiger partial charge in [0.1, 0.15) is 0 Å². The second-order valence-electron chi connectivity index (χ2n) is 8.40. The van der Waals surface area contributed by atoms with Gasteiger partial charge < -0.3 is 10.5 Å². The number of nitrogens with two attached hydrogens (primary N) is 1. The Morgan fingerprint density at radius 2 is 1.63 bits per heavy atom. The lowest BCUT2D eigenvalue weighted by molar-refractivity contribution is -0.146. The van der Waals surface area contributed by atoms with E-state index >= 15 is 0 Å². The number of hydrogen-bond donors (Lipinski definition) is 1. The van der Waals surface area contributed by atoms with Gasteiger partial charge in [0.15, 0.2) is 5.54 Å². The summed E-state index contributed by atoms with van der Waals surface area (Å²) in [6.07, 6.45) is -8.51. The topological polar surface area (TPSA) is 102 Å². The number of likely N-dealkylation sites (N-methyl/N-ethyl adjacent to an activating group) is 1. The zero-order chi connectivity index (χ0) is 27.0. The number of benzene rings is 1. The highest BCUT2D eigenvalue weighted by atomic mass is 32.2. The van der Waals surface area contributed by atoms with Crippen molar-refractivity contribution in [2.45, 2.75) is 61.9 Å². The third-order valence-electron chi connectivity index (χ3n) is 5.54. The first-order valence-electron chi connectivity index (χ1n) is 10.2. The lowest BCUT2D eigenvalue weighted by atomic mass is 9.88.